The maximum absolute atomic E-state index is 13.1. The zero-order valence-corrected chi connectivity index (χ0v) is 27.6. The van der Waals surface area contributed by atoms with Gasteiger partial charge in [0.25, 0.3) is 0 Å². The van der Waals surface area contributed by atoms with Gasteiger partial charge < -0.3 is 25.3 Å². The third kappa shape index (κ3) is 7.02. The molecular formula is C34H46N6O3S. The molecule has 2 aromatic heterocycles. The molecule has 1 aliphatic heterocycles. The molecule has 0 aliphatic carbocycles. The van der Waals surface area contributed by atoms with Gasteiger partial charge >= 0.3 is 0 Å². The summed E-state index contributed by atoms with van der Waals surface area (Å²) in [5.74, 6) is 2.14. The second-order valence-electron chi connectivity index (χ2n) is 12.3. The zero-order chi connectivity index (χ0) is 31.4. The molecule has 0 spiro atoms. The number of piperidine rings is 1. The minimum atomic E-state index is -3.52. The Morgan fingerprint density at radius 2 is 1.77 bits per heavy atom. The quantitative estimate of drug-likeness (QED) is 0.148. The number of likely N-dealkylation sites (tertiary alicyclic amines) is 1. The number of H-pyrrole nitrogens is 1. The second-order valence-corrected chi connectivity index (χ2v) is 14.8. The van der Waals surface area contributed by atoms with Crippen LogP contribution in [0.2, 0.25) is 0 Å². The van der Waals surface area contributed by atoms with Crippen molar-refractivity contribution in [1.82, 2.24) is 19.9 Å². The van der Waals surface area contributed by atoms with Crippen molar-refractivity contribution in [3.8, 4) is 5.75 Å². The predicted octanol–water partition coefficient (Wildman–Crippen LogP) is 7.70. The summed E-state index contributed by atoms with van der Waals surface area (Å²) < 4.78 is 32.6. The Hall–Kier alpha value is -3.63. The molecule has 2 aromatic carbocycles. The van der Waals surface area contributed by atoms with Crippen molar-refractivity contribution in [3.05, 3.63) is 59.8 Å². The molecule has 44 heavy (non-hydrogen) atoms. The van der Waals surface area contributed by atoms with Gasteiger partial charge in [-0.3, -0.25) is 0 Å². The minimum Gasteiger partial charge on any atom is -0.489 e. The van der Waals surface area contributed by atoms with E-state index in [1.54, 1.807) is 38.2 Å². The normalized spacial score (nSPS) is 14.9. The van der Waals surface area contributed by atoms with E-state index in [0.717, 1.165) is 42.8 Å². The number of anilines is 4. The van der Waals surface area contributed by atoms with Crippen molar-refractivity contribution in [3.63, 3.8) is 0 Å². The number of ether oxygens (including phenoxy) is 1. The average Bonchev–Trinajstić information content (AvgIpc) is 3.47. The maximum atomic E-state index is 13.1. The summed E-state index contributed by atoms with van der Waals surface area (Å²) in [6, 6.07) is 13.1. The number of nitrogens with zero attached hydrogens (tertiary/aromatic N) is 3. The Kier molecular flexibility index (Phi) is 9.80. The molecule has 9 nitrogen and oxygen atoms in total. The van der Waals surface area contributed by atoms with E-state index < -0.39 is 15.1 Å². The van der Waals surface area contributed by atoms with E-state index in [4.69, 9.17) is 14.7 Å². The Balaban J connectivity index is 1.46. The summed E-state index contributed by atoms with van der Waals surface area (Å²) in [5.41, 5.74) is 4.44. The Labute approximate surface area is 261 Å². The van der Waals surface area contributed by atoms with E-state index in [1.807, 2.05) is 26.0 Å². The molecule has 3 N–H and O–H groups in total. The molecule has 0 amide bonds. The number of aryl methyl sites for hydroxylation is 1. The van der Waals surface area contributed by atoms with Gasteiger partial charge in [-0.2, -0.15) is 9.97 Å². The highest BCUT2D eigenvalue weighted by molar-refractivity contribution is 7.92. The van der Waals surface area contributed by atoms with Gasteiger partial charge in [-0.25, -0.2) is 8.42 Å². The Bertz CT molecular complexity index is 1690. The van der Waals surface area contributed by atoms with Gasteiger partial charge in [0.05, 0.1) is 33.0 Å². The number of aromatic nitrogens is 3. The van der Waals surface area contributed by atoms with Crippen LogP contribution in [0.5, 0.6) is 5.75 Å². The van der Waals surface area contributed by atoms with E-state index in [0.29, 0.717) is 29.0 Å². The zero-order valence-electron chi connectivity index (χ0n) is 26.8. The van der Waals surface area contributed by atoms with Crippen LogP contribution >= 0.6 is 0 Å². The first-order chi connectivity index (χ1) is 21.1. The monoisotopic (exact) mass is 618 g/mol. The van der Waals surface area contributed by atoms with Crippen LogP contribution in [-0.4, -0.2) is 59.3 Å². The molecule has 0 atom stereocenters. The van der Waals surface area contributed by atoms with E-state index in [9.17, 15) is 8.42 Å². The van der Waals surface area contributed by atoms with Crippen molar-refractivity contribution in [1.29, 1.82) is 0 Å². The predicted molar refractivity (Wildman–Crippen MR) is 179 cm³/mol. The largest absolute Gasteiger partial charge is 0.489 e. The number of rotatable bonds is 12. The fraction of sp³-hybridized carbons (Fsp3) is 0.471. The summed E-state index contributed by atoms with van der Waals surface area (Å²) in [7, 11) is -3.52. The number of benzene rings is 2. The molecule has 10 heteroatoms. The minimum absolute atomic E-state index is 0.00885. The summed E-state index contributed by atoms with van der Waals surface area (Å²) >= 11 is 0. The average molecular weight is 619 g/mol. The highest BCUT2D eigenvalue weighted by atomic mass is 32.2. The van der Waals surface area contributed by atoms with Gasteiger partial charge in [-0.05, 0) is 121 Å². The highest BCUT2D eigenvalue weighted by Gasteiger charge is 2.25. The number of aromatic amines is 1. The second kappa shape index (κ2) is 13.6. The smallest absolute Gasteiger partial charge is 0.231 e. The number of hydrogen-bond donors (Lipinski definition) is 3. The molecule has 0 radical (unpaired) electrons. The van der Waals surface area contributed by atoms with Gasteiger partial charge in [-0.15, -0.1) is 0 Å². The first-order valence-corrected chi connectivity index (χ1v) is 17.4. The topological polar surface area (TPSA) is 112 Å². The number of hydrogen-bond acceptors (Lipinski definition) is 8. The molecule has 5 rings (SSSR count). The van der Waals surface area contributed by atoms with Gasteiger partial charge in [0, 0.05) is 6.20 Å². The number of unbranched alkanes of at least 4 members (excludes halogenated alkanes) is 1. The SMILES string of the molecule is CCCCN1CCC(c2cc(OC(C)C)c(Nc3nc(Nc4ccccc4S(=O)(=O)C(C)C)c4cc[nH]c4n3)cc2C)CC1. The molecule has 1 fully saturated rings. The third-order valence-electron chi connectivity index (χ3n) is 8.32. The molecule has 236 valence electrons. The fourth-order valence-corrected chi connectivity index (χ4v) is 7.06. The number of nitrogens with one attached hydrogen (secondary N) is 3. The first-order valence-electron chi connectivity index (χ1n) is 15.8. The van der Waals surface area contributed by atoms with Gasteiger partial charge in [0.1, 0.15) is 17.2 Å². The van der Waals surface area contributed by atoms with E-state index >= 15 is 0 Å². The summed E-state index contributed by atoms with van der Waals surface area (Å²) in [5, 5.41) is 6.90. The van der Waals surface area contributed by atoms with Crippen LogP contribution in [0.15, 0.2) is 53.6 Å². The lowest BCUT2D eigenvalue weighted by Crippen LogP contribution is -2.33. The van der Waals surface area contributed by atoms with Gasteiger partial charge in [-0.1, -0.05) is 25.5 Å². The van der Waals surface area contributed by atoms with Gasteiger partial charge in [0.15, 0.2) is 9.84 Å². The van der Waals surface area contributed by atoms with E-state index in [2.05, 4.69) is 46.5 Å². The molecule has 0 bridgehead atoms. The molecule has 4 aromatic rings. The summed E-state index contributed by atoms with van der Waals surface area (Å²) in [4.78, 5) is 15.6. The molecule has 3 heterocycles. The maximum Gasteiger partial charge on any atom is 0.231 e. The van der Waals surface area contributed by atoms with Crippen LogP contribution in [0, 0.1) is 6.92 Å². The van der Waals surface area contributed by atoms with Crippen molar-refractivity contribution in [2.45, 2.75) is 89.4 Å². The molecule has 1 saturated heterocycles. The van der Waals surface area contributed by atoms with Crippen molar-refractivity contribution >= 4 is 44.0 Å². The summed E-state index contributed by atoms with van der Waals surface area (Å²) in [6.07, 6.45) is 6.57. The standard InChI is InChI=1S/C34H46N6O3S/c1-7-8-17-40-18-14-25(15-19-40)27-21-30(43-22(2)3)29(20-24(27)6)37-34-38-32-26(13-16-35-32)33(39-34)36-28-11-9-10-12-31(28)44(41,42)23(4)5/h9-13,16,20-23,25H,7-8,14-15,17-19H2,1-6H3,(H3,35,36,37,38,39). The lowest BCUT2D eigenvalue weighted by Gasteiger charge is -2.33. The van der Waals surface area contributed by atoms with Crippen LogP contribution in [0.3, 0.4) is 0 Å². The van der Waals surface area contributed by atoms with Crippen LogP contribution in [-0.2, 0) is 9.84 Å². The van der Waals surface area contributed by atoms with E-state index in [1.165, 1.54) is 30.5 Å². The van der Waals surface area contributed by atoms with Crippen LogP contribution < -0.4 is 15.4 Å². The number of para-hydroxylation sites is 1. The van der Waals surface area contributed by atoms with Gasteiger partial charge in [0.2, 0.25) is 5.95 Å². The lowest BCUT2D eigenvalue weighted by molar-refractivity contribution is 0.208. The molecule has 1 aliphatic rings. The third-order valence-corrected chi connectivity index (χ3v) is 10.5. The van der Waals surface area contributed by atoms with Crippen molar-refractivity contribution in [2.75, 3.05) is 30.3 Å². The van der Waals surface area contributed by atoms with E-state index in [-0.39, 0.29) is 11.0 Å². The molecule has 0 unspecified atom stereocenters. The number of fused-ring (bicyclic) bond motifs is 1. The van der Waals surface area contributed by atoms with Crippen molar-refractivity contribution < 1.29 is 13.2 Å². The Morgan fingerprint density at radius 1 is 1.02 bits per heavy atom. The Morgan fingerprint density at radius 3 is 2.48 bits per heavy atom. The van der Waals surface area contributed by atoms with Crippen LogP contribution in [0.1, 0.15) is 77.3 Å². The fourth-order valence-electron chi connectivity index (χ4n) is 5.85. The first kappa shape index (κ1) is 31.8. The highest BCUT2D eigenvalue weighted by Crippen LogP contribution is 2.38. The molecular weight excluding hydrogens is 572 g/mol. The molecule has 0 saturated carbocycles. The lowest BCUT2D eigenvalue weighted by atomic mass is 9.86. The summed E-state index contributed by atoms with van der Waals surface area (Å²) in [6.45, 7) is 15.3. The van der Waals surface area contributed by atoms with Crippen LogP contribution in [0.25, 0.3) is 11.0 Å². The van der Waals surface area contributed by atoms with Crippen molar-refractivity contribution in [2.24, 2.45) is 0 Å². The number of sulfone groups is 1. The van der Waals surface area contributed by atoms with Crippen LogP contribution in [0.4, 0.5) is 23.1 Å².